The number of nitrogens with zero attached hydrogens (tertiary/aromatic N) is 2. The lowest BCUT2D eigenvalue weighted by Crippen LogP contribution is -2.40. The number of hydrogen-bond donors (Lipinski definition) is 0. The largest absolute Gasteiger partial charge is 0.497 e. The van der Waals surface area contributed by atoms with Crippen molar-refractivity contribution in [3.05, 3.63) is 96.2 Å². The number of allylic oxidation sites excluding steroid dienone is 1. The van der Waals surface area contributed by atoms with Crippen LogP contribution in [-0.2, 0) is 14.3 Å². The van der Waals surface area contributed by atoms with Crippen LogP contribution in [0.2, 0.25) is 0 Å². The molecule has 0 fully saturated rings. The SMILES string of the molecule is COC(=O)c1ccc(C2C(C(=O)OC(C)C)=C(C)N=c3sc(=Cc4ccc(OC)cc4)c(=O)n32)cc1. The smallest absolute Gasteiger partial charge is 0.338 e. The Balaban J connectivity index is 1.89. The van der Waals surface area contributed by atoms with Crippen LogP contribution in [-0.4, -0.2) is 36.8 Å². The average molecular weight is 507 g/mol. The van der Waals surface area contributed by atoms with E-state index in [9.17, 15) is 14.4 Å². The summed E-state index contributed by atoms with van der Waals surface area (Å²) in [5.41, 5.74) is 2.30. The van der Waals surface area contributed by atoms with E-state index >= 15 is 0 Å². The van der Waals surface area contributed by atoms with E-state index in [2.05, 4.69) is 4.99 Å². The van der Waals surface area contributed by atoms with Crippen molar-refractivity contribution in [2.24, 2.45) is 4.99 Å². The van der Waals surface area contributed by atoms with Crippen molar-refractivity contribution in [2.75, 3.05) is 14.2 Å². The lowest BCUT2D eigenvalue weighted by Gasteiger charge is -2.25. The van der Waals surface area contributed by atoms with Crippen LogP contribution in [0.25, 0.3) is 6.08 Å². The first kappa shape index (κ1) is 25.1. The molecule has 0 spiro atoms. The molecular weight excluding hydrogens is 480 g/mol. The van der Waals surface area contributed by atoms with E-state index in [-0.39, 0.29) is 17.2 Å². The zero-order chi connectivity index (χ0) is 26.0. The van der Waals surface area contributed by atoms with E-state index < -0.39 is 18.0 Å². The topological polar surface area (TPSA) is 96.2 Å². The molecule has 1 aliphatic rings. The number of aromatic nitrogens is 1. The Hall–Kier alpha value is -3.98. The second-order valence-corrected chi connectivity index (χ2v) is 9.43. The molecule has 0 bridgehead atoms. The Bertz CT molecular complexity index is 1510. The van der Waals surface area contributed by atoms with E-state index in [4.69, 9.17) is 14.2 Å². The molecule has 0 amide bonds. The lowest BCUT2D eigenvalue weighted by molar-refractivity contribution is -0.143. The number of esters is 2. The minimum Gasteiger partial charge on any atom is -0.497 e. The first-order valence-corrected chi connectivity index (χ1v) is 12.1. The van der Waals surface area contributed by atoms with Gasteiger partial charge in [-0.2, -0.15) is 0 Å². The number of methoxy groups -OCH3 is 2. The fourth-order valence-electron chi connectivity index (χ4n) is 3.95. The van der Waals surface area contributed by atoms with Crippen molar-refractivity contribution in [3.8, 4) is 5.75 Å². The summed E-state index contributed by atoms with van der Waals surface area (Å²) < 4.78 is 17.5. The van der Waals surface area contributed by atoms with Gasteiger partial charge in [0.15, 0.2) is 4.80 Å². The molecule has 186 valence electrons. The van der Waals surface area contributed by atoms with Crippen LogP contribution in [0.4, 0.5) is 0 Å². The number of benzene rings is 2. The van der Waals surface area contributed by atoms with Gasteiger partial charge < -0.3 is 14.2 Å². The average Bonchev–Trinajstić information content (AvgIpc) is 3.17. The molecule has 4 rings (SSSR count). The van der Waals surface area contributed by atoms with Crippen LogP contribution < -0.4 is 19.6 Å². The minimum absolute atomic E-state index is 0.276. The summed E-state index contributed by atoms with van der Waals surface area (Å²) in [4.78, 5) is 43.8. The minimum atomic E-state index is -0.766. The predicted octanol–water partition coefficient (Wildman–Crippen LogP) is 2.98. The summed E-state index contributed by atoms with van der Waals surface area (Å²) in [6.07, 6.45) is 1.44. The number of carbonyl (C=O) groups is 2. The molecule has 9 heteroatoms. The maximum atomic E-state index is 13.7. The third-order valence-corrected chi connectivity index (χ3v) is 6.63. The van der Waals surface area contributed by atoms with Gasteiger partial charge in [-0.05, 0) is 62.2 Å². The Morgan fingerprint density at radius 1 is 1.03 bits per heavy atom. The highest BCUT2D eigenvalue weighted by atomic mass is 32.1. The summed E-state index contributed by atoms with van der Waals surface area (Å²) in [5.74, 6) is -0.304. The first-order valence-electron chi connectivity index (χ1n) is 11.3. The Morgan fingerprint density at radius 2 is 1.69 bits per heavy atom. The third-order valence-electron chi connectivity index (χ3n) is 5.65. The molecular formula is C27H26N2O6S. The molecule has 3 aromatic rings. The van der Waals surface area contributed by atoms with E-state index in [0.717, 1.165) is 5.56 Å². The normalized spacial score (nSPS) is 15.4. The fourth-order valence-corrected chi connectivity index (χ4v) is 4.99. The van der Waals surface area contributed by atoms with Crippen LogP contribution in [0.5, 0.6) is 5.75 Å². The third kappa shape index (κ3) is 4.87. The first-order chi connectivity index (χ1) is 17.2. The van der Waals surface area contributed by atoms with E-state index in [1.54, 1.807) is 58.2 Å². The molecule has 1 aromatic heterocycles. The maximum Gasteiger partial charge on any atom is 0.338 e. The van der Waals surface area contributed by atoms with Crippen LogP contribution in [0.3, 0.4) is 0 Å². The summed E-state index contributed by atoms with van der Waals surface area (Å²) in [5, 5.41) is 0. The zero-order valence-electron chi connectivity index (χ0n) is 20.6. The van der Waals surface area contributed by atoms with Gasteiger partial charge in [0.05, 0.1) is 47.7 Å². The molecule has 0 aliphatic carbocycles. The van der Waals surface area contributed by atoms with Crippen molar-refractivity contribution >= 4 is 29.4 Å². The molecule has 0 radical (unpaired) electrons. The van der Waals surface area contributed by atoms with Crippen LogP contribution in [0.15, 0.2) is 69.6 Å². The number of rotatable bonds is 6. The zero-order valence-corrected chi connectivity index (χ0v) is 21.4. The van der Waals surface area contributed by atoms with E-state index in [1.807, 2.05) is 24.3 Å². The Labute approximate surface area is 211 Å². The van der Waals surface area contributed by atoms with Gasteiger partial charge in [-0.15, -0.1) is 0 Å². The molecule has 8 nitrogen and oxygen atoms in total. The quantitative estimate of drug-likeness (QED) is 0.477. The number of thiazole rings is 1. The predicted molar refractivity (Wildman–Crippen MR) is 136 cm³/mol. The lowest BCUT2D eigenvalue weighted by atomic mass is 9.95. The molecule has 36 heavy (non-hydrogen) atoms. The molecule has 1 aliphatic heterocycles. The van der Waals surface area contributed by atoms with Crippen molar-refractivity contribution in [1.29, 1.82) is 0 Å². The van der Waals surface area contributed by atoms with Crippen molar-refractivity contribution < 1.29 is 23.8 Å². The summed E-state index contributed by atoms with van der Waals surface area (Å²) in [6, 6.07) is 13.2. The van der Waals surface area contributed by atoms with Gasteiger partial charge in [0.1, 0.15) is 5.75 Å². The van der Waals surface area contributed by atoms with Gasteiger partial charge in [-0.3, -0.25) is 9.36 Å². The number of ether oxygens (including phenoxy) is 3. The van der Waals surface area contributed by atoms with Crippen LogP contribution in [0, 0.1) is 0 Å². The van der Waals surface area contributed by atoms with Crippen molar-refractivity contribution in [1.82, 2.24) is 4.57 Å². The summed E-state index contributed by atoms with van der Waals surface area (Å²) in [6.45, 7) is 5.25. The molecule has 0 N–H and O–H groups in total. The van der Waals surface area contributed by atoms with Gasteiger partial charge in [0.25, 0.3) is 5.56 Å². The highest BCUT2D eigenvalue weighted by Gasteiger charge is 2.33. The molecule has 0 saturated carbocycles. The van der Waals surface area contributed by atoms with Gasteiger partial charge >= 0.3 is 11.9 Å². The number of fused-ring (bicyclic) bond motifs is 1. The molecule has 2 heterocycles. The van der Waals surface area contributed by atoms with Crippen LogP contribution in [0.1, 0.15) is 48.3 Å². The number of hydrogen-bond acceptors (Lipinski definition) is 8. The molecule has 1 unspecified atom stereocenters. The standard InChI is InChI=1S/C27H26N2O6S/c1-15(2)35-26(32)22-16(3)28-27-29(23(22)18-8-10-19(11-9-18)25(31)34-5)24(30)21(36-27)14-17-6-12-20(33-4)13-7-17/h6-15,23H,1-5H3. The highest BCUT2D eigenvalue weighted by Crippen LogP contribution is 2.31. The van der Waals surface area contributed by atoms with Gasteiger partial charge in [0.2, 0.25) is 0 Å². The second-order valence-electron chi connectivity index (χ2n) is 8.42. The molecule has 0 saturated heterocycles. The fraction of sp³-hybridized carbons (Fsp3) is 0.259. The summed E-state index contributed by atoms with van der Waals surface area (Å²) >= 11 is 1.24. The summed E-state index contributed by atoms with van der Waals surface area (Å²) in [7, 11) is 2.90. The molecule has 2 aromatic carbocycles. The van der Waals surface area contributed by atoms with E-state index in [1.165, 1.54) is 23.0 Å². The van der Waals surface area contributed by atoms with Crippen LogP contribution >= 0.6 is 11.3 Å². The Morgan fingerprint density at radius 3 is 2.28 bits per heavy atom. The molecule has 1 atom stereocenters. The highest BCUT2D eigenvalue weighted by molar-refractivity contribution is 7.07. The Kier molecular flexibility index (Phi) is 7.21. The van der Waals surface area contributed by atoms with Gasteiger partial charge in [-0.1, -0.05) is 35.6 Å². The maximum absolute atomic E-state index is 13.7. The monoisotopic (exact) mass is 506 g/mol. The van der Waals surface area contributed by atoms with E-state index in [0.29, 0.717) is 31.9 Å². The van der Waals surface area contributed by atoms with Gasteiger partial charge in [-0.25, -0.2) is 14.6 Å². The van der Waals surface area contributed by atoms with Crippen molar-refractivity contribution in [3.63, 3.8) is 0 Å². The van der Waals surface area contributed by atoms with Gasteiger partial charge in [0, 0.05) is 0 Å². The van der Waals surface area contributed by atoms with Crippen molar-refractivity contribution in [2.45, 2.75) is 32.9 Å². The second kappa shape index (κ2) is 10.3. The number of carbonyl (C=O) groups excluding carboxylic acids is 2.